The molecular weight excluding hydrogens is 357 g/mol. The summed E-state index contributed by atoms with van der Waals surface area (Å²) >= 11 is 11.8. The standard InChI is InChI=1S/C20H21Cl2NO2/c21-12-20(24)23(10-8-15-4-6-18(22)7-5-15)13-17-3-1-2-16-9-11-25-14-19(16)17/h1-7H,8-14H2. The van der Waals surface area contributed by atoms with Gasteiger partial charge in [-0.15, -0.1) is 11.6 Å². The second-order valence-electron chi connectivity index (χ2n) is 6.18. The van der Waals surface area contributed by atoms with E-state index in [2.05, 4.69) is 18.2 Å². The molecule has 1 aliphatic heterocycles. The van der Waals surface area contributed by atoms with Crippen molar-refractivity contribution in [3.63, 3.8) is 0 Å². The van der Waals surface area contributed by atoms with Crippen molar-refractivity contribution in [3.05, 3.63) is 69.7 Å². The number of nitrogens with zero attached hydrogens (tertiary/aromatic N) is 1. The third-order valence-corrected chi connectivity index (χ3v) is 5.02. The Bertz CT molecular complexity index is 731. The quantitative estimate of drug-likeness (QED) is 0.705. The Morgan fingerprint density at radius 1 is 1.16 bits per heavy atom. The van der Waals surface area contributed by atoms with Crippen molar-refractivity contribution in [2.45, 2.75) is 26.0 Å². The molecule has 0 atom stereocenters. The van der Waals surface area contributed by atoms with Crippen LogP contribution in [0.25, 0.3) is 0 Å². The zero-order valence-corrected chi connectivity index (χ0v) is 15.5. The second-order valence-corrected chi connectivity index (χ2v) is 6.89. The predicted molar refractivity (Wildman–Crippen MR) is 101 cm³/mol. The van der Waals surface area contributed by atoms with Gasteiger partial charge in [0.2, 0.25) is 5.91 Å². The van der Waals surface area contributed by atoms with E-state index in [1.54, 1.807) is 0 Å². The molecule has 5 heteroatoms. The minimum Gasteiger partial charge on any atom is -0.376 e. The molecule has 0 unspecified atom stereocenters. The summed E-state index contributed by atoms with van der Waals surface area (Å²) in [5, 5.41) is 0.716. The summed E-state index contributed by atoms with van der Waals surface area (Å²) in [6, 6.07) is 14.0. The normalized spacial score (nSPS) is 13.4. The molecule has 0 saturated carbocycles. The number of alkyl halides is 1. The SMILES string of the molecule is O=C(CCl)N(CCc1ccc(Cl)cc1)Cc1cccc2c1COCC2. The topological polar surface area (TPSA) is 29.5 Å². The largest absolute Gasteiger partial charge is 0.376 e. The van der Waals surface area contributed by atoms with Crippen LogP contribution < -0.4 is 0 Å². The molecule has 1 heterocycles. The zero-order valence-electron chi connectivity index (χ0n) is 14.0. The number of hydrogen-bond acceptors (Lipinski definition) is 2. The van der Waals surface area contributed by atoms with E-state index in [9.17, 15) is 4.79 Å². The molecule has 0 spiro atoms. The van der Waals surface area contributed by atoms with Crippen molar-refractivity contribution in [2.75, 3.05) is 19.0 Å². The van der Waals surface area contributed by atoms with Crippen molar-refractivity contribution in [3.8, 4) is 0 Å². The fourth-order valence-corrected chi connectivity index (χ4v) is 3.40. The molecule has 3 nitrogen and oxygen atoms in total. The lowest BCUT2D eigenvalue weighted by molar-refractivity contribution is -0.129. The van der Waals surface area contributed by atoms with Crippen LogP contribution in [0.5, 0.6) is 0 Å². The van der Waals surface area contributed by atoms with Crippen molar-refractivity contribution in [1.29, 1.82) is 0 Å². The Hall–Kier alpha value is -1.55. The maximum atomic E-state index is 12.3. The first-order chi connectivity index (χ1) is 12.2. The average molecular weight is 378 g/mol. The molecule has 0 bridgehead atoms. The lowest BCUT2D eigenvalue weighted by atomic mass is 9.97. The van der Waals surface area contributed by atoms with E-state index in [0.717, 1.165) is 30.6 Å². The Morgan fingerprint density at radius 3 is 2.72 bits per heavy atom. The number of carbonyl (C=O) groups is 1. The van der Waals surface area contributed by atoms with Crippen LogP contribution in [-0.4, -0.2) is 29.8 Å². The number of fused-ring (bicyclic) bond motifs is 1. The summed E-state index contributed by atoms with van der Waals surface area (Å²) < 4.78 is 5.60. The third kappa shape index (κ3) is 4.75. The summed E-state index contributed by atoms with van der Waals surface area (Å²) in [5.74, 6) is -0.0588. The molecule has 0 fully saturated rings. The Balaban J connectivity index is 1.73. The number of halogens is 2. The van der Waals surface area contributed by atoms with Crippen LogP contribution in [0.15, 0.2) is 42.5 Å². The van der Waals surface area contributed by atoms with Gasteiger partial charge in [0.25, 0.3) is 0 Å². The van der Waals surface area contributed by atoms with Crippen LogP contribution in [0.1, 0.15) is 22.3 Å². The highest BCUT2D eigenvalue weighted by Crippen LogP contribution is 2.22. The maximum absolute atomic E-state index is 12.3. The molecule has 25 heavy (non-hydrogen) atoms. The molecule has 1 amide bonds. The molecule has 0 radical (unpaired) electrons. The predicted octanol–water partition coefficient (Wildman–Crippen LogP) is 4.22. The van der Waals surface area contributed by atoms with Crippen molar-refractivity contribution >= 4 is 29.1 Å². The minimum absolute atomic E-state index is 0.00780. The highest BCUT2D eigenvalue weighted by molar-refractivity contribution is 6.30. The molecule has 3 rings (SSSR count). The van der Waals surface area contributed by atoms with Crippen molar-refractivity contribution < 1.29 is 9.53 Å². The smallest absolute Gasteiger partial charge is 0.237 e. The van der Waals surface area contributed by atoms with E-state index < -0.39 is 0 Å². The van der Waals surface area contributed by atoms with Gasteiger partial charge in [0.05, 0.1) is 13.2 Å². The van der Waals surface area contributed by atoms with Gasteiger partial charge >= 0.3 is 0 Å². The number of benzene rings is 2. The van der Waals surface area contributed by atoms with Gasteiger partial charge in [0, 0.05) is 18.1 Å². The van der Waals surface area contributed by atoms with Crippen LogP contribution in [0, 0.1) is 0 Å². The van der Waals surface area contributed by atoms with E-state index in [0.29, 0.717) is 24.7 Å². The number of amides is 1. The summed E-state index contributed by atoms with van der Waals surface area (Å²) in [6.07, 6.45) is 1.70. The summed E-state index contributed by atoms with van der Waals surface area (Å²) in [4.78, 5) is 14.1. The third-order valence-electron chi connectivity index (χ3n) is 4.54. The minimum atomic E-state index is -0.0510. The molecule has 132 valence electrons. The van der Waals surface area contributed by atoms with E-state index in [1.807, 2.05) is 29.2 Å². The summed E-state index contributed by atoms with van der Waals surface area (Å²) in [7, 11) is 0. The first-order valence-electron chi connectivity index (χ1n) is 8.43. The van der Waals surface area contributed by atoms with Crippen LogP contribution in [0.2, 0.25) is 5.02 Å². The number of hydrogen-bond donors (Lipinski definition) is 0. The first kappa shape index (κ1) is 18.2. The van der Waals surface area contributed by atoms with E-state index >= 15 is 0 Å². The van der Waals surface area contributed by atoms with Gasteiger partial charge in [0.15, 0.2) is 0 Å². The van der Waals surface area contributed by atoms with Gasteiger partial charge < -0.3 is 9.64 Å². The fourth-order valence-electron chi connectivity index (χ4n) is 3.11. The molecule has 0 aliphatic carbocycles. The van der Waals surface area contributed by atoms with Gasteiger partial charge in [-0.05, 0) is 47.2 Å². The highest BCUT2D eigenvalue weighted by atomic mass is 35.5. The van der Waals surface area contributed by atoms with E-state index in [-0.39, 0.29) is 11.8 Å². The van der Waals surface area contributed by atoms with Crippen LogP contribution in [-0.2, 0) is 35.5 Å². The molecule has 0 N–H and O–H groups in total. The van der Waals surface area contributed by atoms with E-state index in [4.69, 9.17) is 27.9 Å². The Kier molecular flexibility index (Phi) is 6.35. The summed E-state index contributed by atoms with van der Waals surface area (Å²) in [6.45, 7) is 2.56. The van der Waals surface area contributed by atoms with Crippen molar-refractivity contribution in [1.82, 2.24) is 4.90 Å². The van der Waals surface area contributed by atoms with Crippen LogP contribution in [0.3, 0.4) is 0 Å². The Morgan fingerprint density at radius 2 is 1.96 bits per heavy atom. The number of ether oxygens (including phenoxy) is 1. The molecule has 2 aromatic rings. The van der Waals surface area contributed by atoms with Gasteiger partial charge in [0.1, 0.15) is 5.88 Å². The van der Waals surface area contributed by atoms with Gasteiger partial charge in [-0.2, -0.15) is 0 Å². The highest BCUT2D eigenvalue weighted by Gasteiger charge is 2.18. The zero-order chi connectivity index (χ0) is 17.6. The molecule has 1 aliphatic rings. The number of rotatable bonds is 6. The molecule has 0 aromatic heterocycles. The monoisotopic (exact) mass is 377 g/mol. The lowest BCUT2D eigenvalue weighted by Crippen LogP contribution is -2.34. The Labute approximate surface area is 158 Å². The van der Waals surface area contributed by atoms with Gasteiger partial charge in [-0.1, -0.05) is 41.9 Å². The maximum Gasteiger partial charge on any atom is 0.237 e. The second kappa shape index (κ2) is 8.70. The molecule has 2 aromatic carbocycles. The van der Waals surface area contributed by atoms with Crippen LogP contribution >= 0.6 is 23.2 Å². The summed E-state index contributed by atoms with van der Waals surface area (Å²) in [5.41, 5.74) is 4.83. The van der Waals surface area contributed by atoms with Gasteiger partial charge in [-0.25, -0.2) is 0 Å². The van der Waals surface area contributed by atoms with Crippen molar-refractivity contribution in [2.24, 2.45) is 0 Å². The number of carbonyl (C=O) groups excluding carboxylic acids is 1. The fraction of sp³-hybridized carbons (Fsp3) is 0.350. The molecular formula is C20H21Cl2NO2. The van der Waals surface area contributed by atoms with E-state index in [1.165, 1.54) is 11.1 Å². The first-order valence-corrected chi connectivity index (χ1v) is 9.34. The van der Waals surface area contributed by atoms with Gasteiger partial charge in [-0.3, -0.25) is 4.79 Å². The lowest BCUT2D eigenvalue weighted by Gasteiger charge is -2.26. The van der Waals surface area contributed by atoms with Crippen LogP contribution in [0.4, 0.5) is 0 Å². The average Bonchev–Trinajstić information content (AvgIpc) is 2.66. The molecule has 0 saturated heterocycles.